The molecule has 114 valence electrons. The molecule has 0 bridgehead atoms. The third-order valence-electron chi connectivity index (χ3n) is 3.40. The zero-order valence-corrected chi connectivity index (χ0v) is 14.6. The lowest BCUT2D eigenvalue weighted by atomic mass is 9.93. The molecule has 0 atom stereocenters. The minimum atomic E-state index is -1.05. The maximum absolute atomic E-state index is 5.80. The van der Waals surface area contributed by atoms with Crippen LogP contribution in [0.2, 0.25) is 25.7 Å². The van der Waals surface area contributed by atoms with Gasteiger partial charge in [-0.15, -0.1) is 0 Å². The van der Waals surface area contributed by atoms with E-state index in [1.165, 1.54) is 0 Å². The topological polar surface area (TPSA) is 18.5 Å². The Morgan fingerprint density at radius 3 is 2.32 bits per heavy atom. The monoisotopic (exact) mass is 310 g/mol. The summed E-state index contributed by atoms with van der Waals surface area (Å²) in [4.78, 5) is 0. The van der Waals surface area contributed by atoms with E-state index in [-0.39, 0.29) is 6.79 Å². The van der Waals surface area contributed by atoms with E-state index in [0.29, 0.717) is 0 Å². The average molecular weight is 310 g/mol. The SMILES string of the molecule is [B]c1ccc(-c2ccccc2OCOCC[Si](C)(C)C)cc1. The fraction of sp³-hybridized carbons (Fsp3) is 0.333. The fourth-order valence-electron chi connectivity index (χ4n) is 2.04. The molecule has 0 aromatic heterocycles. The van der Waals surface area contributed by atoms with Gasteiger partial charge in [0, 0.05) is 20.2 Å². The zero-order chi connectivity index (χ0) is 16.0. The quantitative estimate of drug-likeness (QED) is 0.439. The van der Waals surface area contributed by atoms with Crippen molar-refractivity contribution in [1.29, 1.82) is 0 Å². The minimum absolute atomic E-state index is 0.288. The summed E-state index contributed by atoms with van der Waals surface area (Å²) < 4.78 is 11.4. The van der Waals surface area contributed by atoms with Crippen molar-refractivity contribution in [3.05, 3.63) is 48.5 Å². The van der Waals surface area contributed by atoms with Crippen LogP contribution in [0.4, 0.5) is 0 Å². The molecule has 0 aliphatic rings. The first-order valence-electron chi connectivity index (χ1n) is 7.61. The van der Waals surface area contributed by atoms with Crippen molar-refractivity contribution >= 4 is 21.4 Å². The Hall–Kier alpha value is -1.52. The molecular formula is C18H23BO2Si. The standard InChI is InChI=1S/C18H23BO2Si/c1-22(2,3)13-12-20-14-21-18-7-5-4-6-17(18)15-8-10-16(19)11-9-15/h4-11H,12-14H2,1-3H3. The molecule has 2 aromatic rings. The molecular weight excluding hydrogens is 287 g/mol. The molecule has 0 saturated heterocycles. The maximum atomic E-state index is 5.80. The average Bonchev–Trinajstić information content (AvgIpc) is 2.47. The van der Waals surface area contributed by atoms with E-state index in [0.717, 1.165) is 35.0 Å². The first kappa shape index (κ1) is 16.8. The van der Waals surface area contributed by atoms with Gasteiger partial charge in [-0.2, -0.15) is 0 Å². The molecule has 22 heavy (non-hydrogen) atoms. The lowest BCUT2D eigenvalue weighted by Crippen LogP contribution is -2.22. The Morgan fingerprint density at radius 1 is 0.955 bits per heavy atom. The van der Waals surface area contributed by atoms with E-state index in [1.807, 2.05) is 48.5 Å². The lowest BCUT2D eigenvalue weighted by molar-refractivity contribution is 0.0224. The zero-order valence-electron chi connectivity index (χ0n) is 13.6. The molecule has 0 amide bonds. The van der Waals surface area contributed by atoms with Crippen LogP contribution in [-0.2, 0) is 4.74 Å². The molecule has 0 N–H and O–H groups in total. The highest BCUT2D eigenvalue weighted by molar-refractivity contribution is 6.76. The van der Waals surface area contributed by atoms with Gasteiger partial charge in [-0.3, -0.25) is 0 Å². The number of ether oxygens (including phenoxy) is 2. The molecule has 4 heteroatoms. The number of benzene rings is 2. The molecule has 0 fully saturated rings. The second-order valence-electron chi connectivity index (χ2n) is 6.60. The molecule has 0 unspecified atom stereocenters. The van der Waals surface area contributed by atoms with Gasteiger partial charge >= 0.3 is 0 Å². The molecule has 2 aromatic carbocycles. The summed E-state index contributed by atoms with van der Waals surface area (Å²) in [5.74, 6) is 0.834. The van der Waals surface area contributed by atoms with E-state index >= 15 is 0 Å². The third kappa shape index (κ3) is 5.35. The second kappa shape index (κ2) is 7.66. The number of para-hydroxylation sites is 1. The summed E-state index contributed by atoms with van der Waals surface area (Å²) in [6.45, 7) is 8.07. The van der Waals surface area contributed by atoms with Gasteiger partial charge in [-0.25, -0.2) is 0 Å². The molecule has 0 spiro atoms. The van der Waals surface area contributed by atoms with Crippen molar-refractivity contribution in [1.82, 2.24) is 0 Å². The number of hydrogen-bond donors (Lipinski definition) is 0. The van der Waals surface area contributed by atoms with Crippen LogP contribution in [0.1, 0.15) is 0 Å². The predicted octanol–water partition coefficient (Wildman–Crippen LogP) is 3.84. The van der Waals surface area contributed by atoms with Crippen LogP contribution in [0.3, 0.4) is 0 Å². The van der Waals surface area contributed by atoms with Gasteiger partial charge in [0.1, 0.15) is 13.6 Å². The third-order valence-corrected chi connectivity index (χ3v) is 5.11. The van der Waals surface area contributed by atoms with Gasteiger partial charge in [-0.05, 0) is 17.7 Å². The molecule has 2 radical (unpaired) electrons. The van der Waals surface area contributed by atoms with Crippen molar-refractivity contribution in [2.75, 3.05) is 13.4 Å². The summed E-state index contributed by atoms with van der Waals surface area (Å²) in [6.07, 6.45) is 0. The predicted molar refractivity (Wildman–Crippen MR) is 96.9 cm³/mol. The fourth-order valence-corrected chi connectivity index (χ4v) is 2.79. The van der Waals surface area contributed by atoms with Gasteiger partial charge in [-0.1, -0.05) is 67.6 Å². The van der Waals surface area contributed by atoms with Crippen molar-refractivity contribution in [3.63, 3.8) is 0 Å². The first-order chi connectivity index (χ1) is 10.5. The largest absolute Gasteiger partial charge is 0.467 e. The summed E-state index contributed by atoms with van der Waals surface area (Å²) in [7, 11) is 4.70. The van der Waals surface area contributed by atoms with Gasteiger partial charge in [0.05, 0.1) is 0 Å². The highest BCUT2D eigenvalue weighted by atomic mass is 28.3. The van der Waals surface area contributed by atoms with Crippen molar-refractivity contribution in [3.8, 4) is 16.9 Å². The van der Waals surface area contributed by atoms with Crippen LogP contribution in [0, 0.1) is 0 Å². The molecule has 0 aliphatic heterocycles. The summed E-state index contributed by atoms with van der Waals surface area (Å²) >= 11 is 0. The maximum Gasteiger partial charge on any atom is 0.189 e. The summed E-state index contributed by atoms with van der Waals surface area (Å²) in [5, 5.41) is 0. The smallest absolute Gasteiger partial charge is 0.189 e. The molecule has 0 aliphatic carbocycles. The van der Waals surface area contributed by atoms with Crippen molar-refractivity contribution in [2.45, 2.75) is 25.7 Å². The van der Waals surface area contributed by atoms with E-state index in [1.54, 1.807) is 0 Å². The highest BCUT2D eigenvalue weighted by Gasteiger charge is 2.12. The van der Waals surface area contributed by atoms with Crippen LogP contribution in [-0.4, -0.2) is 29.3 Å². The Labute approximate surface area is 135 Å². The molecule has 0 saturated carbocycles. The van der Waals surface area contributed by atoms with Crippen LogP contribution in [0.5, 0.6) is 5.75 Å². The van der Waals surface area contributed by atoms with E-state index in [9.17, 15) is 0 Å². The van der Waals surface area contributed by atoms with Crippen LogP contribution in [0.25, 0.3) is 11.1 Å². The molecule has 2 nitrogen and oxygen atoms in total. The minimum Gasteiger partial charge on any atom is -0.467 e. The second-order valence-corrected chi connectivity index (χ2v) is 12.2. The normalized spacial score (nSPS) is 11.4. The molecule has 2 rings (SSSR count). The first-order valence-corrected chi connectivity index (χ1v) is 11.3. The van der Waals surface area contributed by atoms with Crippen LogP contribution in [0.15, 0.2) is 48.5 Å². The van der Waals surface area contributed by atoms with E-state index in [2.05, 4.69) is 19.6 Å². The Morgan fingerprint density at radius 2 is 1.64 bits per heavy atom. The number of hydrogen-bond acceptors (Lipinski definition) is 2. The highest BCUT2D eigenvalue weighted by Crippen LogP contribution is 2.29. The summed E-state index contributed by atoms with van der Waals surface area (Å²) in [5.41, 5.74) is 2.90. The van der Waals surface area contributed by atoms with Gasteiger partial charge in [0.25, 0.3) is 0 Å². The van der Waals surface area contributed by atoms with Gasteiger partial charge in [0.15, 0.2) is 6.79 Å². The van der Waals surface area contributed by atoms with Crippen molar-refractivity contribution < 1.29 is 9.47 Å². The summed E-state index contributed by atoms with van der Waals surface area (Å²) in [6, 6.07) is 16.9. The Balaban J connectivity index is 1.96. The van der Waals surface area contributed by atoms with Crippen molar-refractivity contribution in [2.24, 2.45) is 0 Å². The Kier molecular flexibility index (Phi) is 5.86. The van der Waals surface area contributed by atoms with E-state index < -0.39 is 8.07 Å². The Bertz CT molecular complexity index is 591. The van der Waals surface area contributed by atoms with E-state index in [4.69, 9.17) is 17.3 Å². The molecule has 0 heterocycles. The van der Waals surface area contributed by atoms with Crippen LogP contribution < -0.4 is 10.2 Å². The van der Waals surface area contributed by atoms with Crippen LogP contribution >= 0.6 is 0 Å². The van der Waals surface area contributed by atoms with Gasteiger partial charge in [0.2, 0.25) is 0 Å². The number of rotatable bonds is 7. The van der Waals surface area contributed by atoms with Gasteiger partial charge < -0.3 is 9.47 Å². The lowest BCUT2D eigenvalue weighted by Gasteiger charge is -2.16.